The minimum atomic E-state index is -0.282. The third-order valence-electron chi connectivity index (χ3n) is 2.82. The molecule has 0 saturated heterocycles. The lowest BCUT2D eigenvalue weighted by Crippen LogP contribution is -1.93. The van der Waals surface area contributed by atoms with E-state index < -0.39 is 0 Å². The average Bonchev–Trinajstić information content (AvgIpc) is 2.71. The van der Waals surface area contributed by atoms with E-state index in [4.69, 9.17) is 5.73 Å². The van der Waals surface area contributed by atoms with Crippen molar-refractivity contribution < 1.29 is 4.39 Å². The Kier molecular flexibility index (Phi) is 2.48. The van der Waals surface area contributed by atoms with E-state index in [1.165, 1.54) is 17.6 Å². The lowest BCUT2D eigenvalue weighted by molar-refractivity contribution is 0.630. The van der Waals surface area contributed by atoms with E-state index in [2.05, 4.69) is 9.36 Å². The van der Waals surface area contributed by atoms with Gasteiger partial charge in [0.15, 0.2) is 5.65 Å². The van der Waals surface area contributed by atoms with Crippen LogP contribution in [0.25, 0.3) is 22.3 Å². The van der Waals surface area contributed by atoms with Gasteiger partial charge in [0.25, 0.3) is 0 Å². The molecule has 1 aromatic carbocycles. The minimum absolute atomic E-state index is 0.282. The fraction of sp³-hybridized carbons (Fsp3) is 0.0769. The number of rotatable bonds is 1. The van der Waals surface area contributed by atoms with Gasteiger partial charge in [-0.05, 0) is 42.2 Å². The third kappa shape index (κ3) is 1.64. The Balaban J connectivity index is 2.30. The normalized spacial score (nSPS) is 11.0. The standard InChI is InChI=1S/C13H10FN3S/c1-7-6-9-12(15)18-17-13(9)16-11(7)8-4-2-3-5-10(8)14/h2-6H,15H2,1H3. The largest absolute Gasteiger partial charge is 0.389 e. The van der Waals surface area contributed by atoms with Crippen LogP contribution in [0.3, 0.4) is 0 Å². The summed E-state index contributed by atoms with van der Waals surface area (Å²) < 4.78 is 17.9. The van der Waals surface area contributed by atoms with Crippen LogP contribution >= 0.6 is 11.5 Å². The number of fused-ring (bicyclic) bond motifs is 1. The molecular formula is C13H10FN3S. The summed E-state index contributed by atoms with van der Waals surface area (Å²) in [5.74, 6) is -0.282. The molecule has 0 atom stereocenters. The van der Waals surface area contributed by atoms with E-state index in [0.717, 1.165) is 10.9 Å². The molecule has 3 aromatic rings. The number of halogens is 1. The first-order valence-corrected chi connectivity index (χ1v) is 6.21. The Hall–Kier alpha value is -2.01. The molecule has 2 aromatic heterocycles. The molecule has 0 radical (unpaired) electrons. The molecule has 0 amide bonds. The topological polar surface area (TPSA) is 51.8 Å². The smallest absolute Gasteiger partial charge is 0.175 e. The minimum Gasteiger partial charge on any atom is -0.389 e. The van der Waals surface area contributed by atoms with Gasteiger partial charge in [0, 0.05) is 5.56 Å². The van der Waals surface area contributed by atoms with Crippen molar-refractivity contribution in [1.82, 2.24) is 9.36 Å². The molecule has 0 spiro atoms. The third-order valence-corrected chi connectivity index (χ3v) is 3.50. The Morgan fingerprint density at radius 2 is 2.06 bits per heavy atom. The van der Waals surface area contributed by atoms with Crippen LogP contribution in [-0.4, -0.2) is 9.36 Å². The van der Waals surface area contributed by atoms with Crippen molar-refractivity contribution in [3.63, 3.8) is 0 Å². The van der Waals surface area contributed by atoms with Crippen LogP contribution < -0.4 is 5.73 Å². The zero-order chi connectivity index (χ0) is 12.7. The Bertz CT molecular complexity index is 736. The molecular weight excluding hydrogens is 249 g/mol. The molecule has 3 rings (SSSR count). The van der Waals surface area contributed by atoms with Crippen LogP contribution in [0.1, 0.15) is 5.56 Å². The van der Waals surface area contributed by atoms with Crippen LogP contribution in [0, 0.1) is 12.7 Å². The van der Waals surface area contributed by atoms with Crippen molar-refractivity contribution in [1.29, 1.82) is 0 Å². The van der Waals surface area contributed by atoms with Gasteiger partial charge in [0.2, 0.25) is 0 Å². The van der Waals surface area contributed by atoms with Gasteiger partial charge in [-0.2, -0.15) is 4.37 Å². The summed E-state index contributed by atoms with van der Waals surface area (Å²) in [7, 11) is 0. The Labute approximate surface area is 107 Å². The van der Waals surface area contributed by atoms with Crippen LogP contribution in [0.4, 0.5) is 9.39 Å². The van der Waals surface area contributed by atoms with Crippen molar-refractivity contribution in [2.75, 3.05) is 5.73 Å². The molecule has 0 fully saturated rings. The first kappa shape index (κ1) is 11.1. The fourth-order valence-corrected chi connectivity index (χ4v) is 2.49. The van der Waals surface area contributed by atoms with E-state index >= 15 is 0 Å². The number of nitrogen functional groups attached to an aromatic ring is 1. The fourth-order valence-electron chi connectivity index (χ4n) is 1.92. The maximum atomic E-state index is 13.8. The summed E-state index contributed by atoms with van der Waals surface area (Å²) in [5, 5.41) is 1.47. The number of hydrogen-bond donors (Lipinski definition) is 1. The van der Waals surface area contributed by atoms with Gasteiger partial charge in [-0.3, -0.25) is 0 Å². The number of pyridine rings is 1. The van der Waals surface area contributed by atoms with Crippen molar-refractivity contribution in [3.05, 3.63) is 41.7 Å². The number of aryl methyl sites for hydroxylation is 1. The maximum absolute atomic E-state index is 13.8. The summed E-state index contributed by atoms with van der Waals surface area (Å²) in [5.41, 5.74) is 8.37. The van der Waals surface area contributed by atoms with Crippen molar-refractivity contribution in [3.8, 4) is 11.3 Å². The van der Waals surface area contributed by atoms with Gasteiger partial charge in [0.05, 0.1) is 11.1 Å². The molecule has 3 nitrogen and oxygen atoms in total. The molecule has 2 N–H and O–H groups in total. The van der Waals surface area contributed by atoms with Crippen LogP contribution in [-0.2, 0) is 0 Å². The lowest BCUT2D eigenvalue weighted by Gasteiger charge is -2.06. The van der Waals surface area contributed by atoms with Gasteiger partial charge in [-0.15, -0.1) is 0 Å². The summed E-state index contributed by atoms with van der Waals surface area (Å²) in [4.78, 5) is 4.41. The zero-order valence-electron chi connectivity index (χ0n) is 9.64. The highest BCUT2D eigenvalue weighted by molar-refractivity contribution is 7.11. The Morgan fingerprint density at radius 1 is 1.28 bits per heavy atom. The lowest BCUT2D eigenvalue weighted by atomic mass is 10.1. The summed E-state index contributed by atoms with van der Waals surface area (Å²) in [6.45, 7) is 1.89. The first-order chi connectivity index (χ1) is 8.66. The number of aromatic nitrogens is 2. The summed E-state index contributed by atoms with van der Waals surface area (Å²) in [6.07, 6.45) is 0. The van der Waals surface area contributed by atoms with Gasteiger partial charge in [-0.1, -0.05) is 12.1 Å². The molecule has 0 saturated carbocycles. The molecule has 0 aliphatic carbocycles. The second-order valence-electron chi connectivity index (χ2n) is 4.05. The van der Waals surface area contributed by atoms with Crippen molar-refractivity contribution >= 4 is 27.6 Å². The molecule has 0 bridgehead atoms. The predicted octanol–water partition coefficient (Wildman–Crippen LogP) is 3.39. The second-order valence-corrected chi connectivity index (χ2v) is 4.86. The van der Waals surface area contributed by atoms with Gasteiger partial charge < -0.3 is 5.73 Å². The molecule has 0 aliphatic rings. The number of hydrogen-bond acceptors (Lipinski definition) is 4. The predicted molar refractivity (Wildman–Crippen MR) is 72.0 cm³/mol. The van der Waals surface area contributed by atoms with E-state index in [1.54, 1.807) is 18.2 Å². The van der Waals surface area contributed by atoms with E-state index in [1.807, 2.05) is 13.0 Å². The number of nitrogens with zero attached hydrogens (tertiary/aromatic N) is 2. The molecule has 5 heteroatoms. The molecule has 2 heterocycles. The number of anilines is 1. The molecule has 0 aliphatic heterocycles. The SMILES string of the molecule is Cc1cc2c(N)snc2nc1-c1ccccc1F. The van der Waals surface area contributed by atoms with Crippen LogP contribution in [0.5, 0.6) is 0 Å². The average molecular weight is 259 g/mol. The van der Waals surface area contributed by atoms with Crippen LogP contribution in [0.15, 0.2) is 30.3 Å². The van der Waals surface area contributed by atoms with Gasteiger partial charge in [0.1, 0.15) is 10.8 Å². The second kappa shape index (κ2) is 4.03. The molecule has 0 unspecified atom stereocenters. The first-order valence-electron chi connectivity index (χ1n) is 5.44. The monoisotopic (exact) mass is 259 g/mol. The summed E-state index contributed by atoms with van der Waals surface area (Å²) in [6, 6.07) is 8.50. The van der Waals surface area contributed by atoms with Gasteiger partial charge >= 0.3 is 0 Å². The maximum Gasteiger partial charge on any atom is 0.175 e. The highest BCUT2D eigenvalue weighted by atomic mass is 32.1. The van der Waals surface area contributed by atoms with Crippen LogP contribution in [0.2, 0.25) is 0 Å². The van der Waals surface area contributed by atoms with E-state index in [0.29, 0.717) is 21.9 Å². The van der Waals surface area contributed by atoms with Gasteiger partial charge in [-0.25, -0.2) is 9.37 Å². The Morgan fingerprint density at radius 3 is 2.83 bits per heavy atom. The van der Waals surface area contributed by atoms with E-state index in [-0.39, 0.29) is 5.82 Å². The highest BCUT2D eigenvalue weighted by Gasteiger charge is 2.12. The van der Waals surface area contributed by atoms with Crippen molar-refractivity contribution in [2.45, 2.75) is 6.92 Å². The van der Waals surface area contributed by atoms with Crippen molar-refractivity contribution in [2.24, 2.45) is 0 Å². The quantitative estimate of drug-likeness (QED) is 0.728. The number of benzene rings is 1. The summed E-state index contributed by atoms with van der Waals surface area (Å²) >= 11 is 1.21. The number of nitrogens with two attached hydrogens (primary N) is 1. The molecule has 18 heavy (non-hydrogen) atoms. The zero-order valence-corrected chi connectivity index (χ0v) is 10.5. The van der Waals surface area contributed by atoms with E-state index in [9.17, 15) is 4.39 Å². The highest BCUT2D eigenvalue weighted by Crippen LogP contribution is 2.30. The molecule has 90 valence electrons.